The van der Waals surface area contributed by atoms with Gasteiger partial charge in [0.2, 0.25) is 0 Å². The van der Waals surface area contributed by atoms with Crippen LogP contribution in [0.4, 0.5) is 0 Å². The fraction of sp³-hybridized carbons (Fsp3) is 0.100. The first-order chi connectivity index (χ1) is 10.2. The van der Waals surface area contributed by atoms with E-state index in [-0.39, 0.29) is 0 Å². The summed E-state index contributed by atoms with van der Waals surface area (Å²) in [5.74, 6) is 0. The molecular weight excluding hydrogens is 276 g/mol. The van der Waals surface area contributed by atoms with Gasteiger partial charge >= 0.3 is 0 Å². The zero-order valence-corrected chi connectivity index (χ0v) is 12.8. The van der Waals surface area contributed by atoms with Gasteiger partial charge in [-0.3, -0.25) is 0 Å². The molecule has 104 valence electrons. The highest BCUT2D eigenvalue weighted by atomic mass is 35.5. The Bertz CT molecular complexity index is 745. The summed E-state index contributed by atoms with van der Waals surface area (Å²) >= 11 is 6.41. The average Bonchev–Trinajstić information content (AvgIpc) is 2.51. The van der Waals surface area contributed by atoms with Crippen molar-refractivity contribution in [3.63, 3.8) is 0 Å². The van der Waals surface area contributed by atoms with Crippen LogP contribution in [0.5, 0.6) is 0 Å². The summed E-state index contributed by atoms with van der Waals surface area (Å²) in [5, 5.41) is 0.807. The van der Waals surface area contributed by atoms with Crippen LogP contribution in [0, 0.1) is 6.92 Å². The Hall–Kier alpha value is -2.05. The van der Waals surface area contributed by atoms with Crippen LogP contribution in [0.25, 0.3) is 11.1 Å². The second kappa shape index (κ2) is 6.15. The van der Waals surface area contributed by atoms with Crippen molar-refractivity contribution in [1.29, 1.82) is 0 Å². The molecule has 0 heterocycles. The zero-order valence-electron chi connectivity index (χ0n) is 12.0. The summed E-state index contributed by atoms with van der Waals surface area (Å²) in [6, 6.07) is 25.2. The predicted molar refractivity (Wildman–Crippen MR) is 90.9 cm³/mol. The molecule has 0 atom stereocenters. The Morgan fingerprint density at radius 1 is 0.762 bits per heavy atom. The SMILES string of the molecule is Cc1ccc(Cl)c(-c2ccccc2Cc2ccccc2)c1. The number of halogens is 1. The molecule has 3 aromatic rings. The summed E-state index contributed by atoms with van der Waals surface area (Å²) in [6.45, 7) is 2.10. The monoisotopic (exact) mass is 292 g/mol. The number of aryl methyl sites for hydroxylation is 1. The third-order valence-electron chi connectivity index (χ3n) is 3.67. The Morgan fingerprint density at radius 3 is 2.29 bits per heavy atom. The van der Waals surface area contributed by atoms with Crippen molar-refractivity contribution in [3.05, 3.63) is 94.5 Å². The molecule has 0 aliphatic carbocycles. The van der Waals surface area contributed by atoms with Gasteiger partial charge in [0.15, 0.2) is 0 Å². The topological polar surface area (TPSA) is 0 Å². The lowest BCUT2D eigenvalue weighted by Gasteiger charge is -2.12. The van der Waals surface area contributed by atoms with Gasteiger partial charge in [-0.15, -0.1) is 0 Å². The lowest BCUT2D eigenvalue weighted by molar-refractivity contribution is 1.19. The minimum absolute atomic E-state index is 0.807. The Balaban J connectivity index is 2.06. The maximum atomic E-state index is 6.41. The molecule has 0 fully saturated rings. The molecule has 0 aliphatic heterocycles. The molecule has 0 saturated carbocycles. The minimum atomic E-state index is 0.807. The smallest absolute Gasteiger partial charge is 0.0484 e. The first kappa shape index (κ1) is 13.9. The molecule has 0 N–H and O–H groups in total. The van der Waals surface area contributed by atoms with Gasteiger partial charge in [0.1, 0.15) is 0 Å². The minimum Gasteiger partial charge on any atom is -0.0837 e. The zero-order chi connectivity index (χ0) is 14.7. The molecule has 0 amide bonds. The van der Waals surface area contributed by atoms with Gasteiger partial charge in [0.25, 0.3) is 0 Å². The average molecular weight is 293 g/mol. The first-order valence-electron chi connectivity index (χ1n) is 7.12. The highest BCUT2D eigenvalue weighted by Crippen LogP contribution is 2.32. The largest absolute Gasteiger partial charge is 0.0837 e. The van der Waals surface area contributed by atoms with Crippen molar-refractivity contribution in [2.75, 3.05) is 0 Å². The molecule has 0 saturated heterocycles. The van der Waals surface area contributed by atoms with Crippen LogP contribution in [0.2, 0.25) is 5.02 Å². The number of rotatable bonds is 3. The first-order valence-corrected chi connectivity index (χ1v) is 7.50. The van der Waals surface area contributed by atoms with E-state index in [2.05, 4.69) is 61.5 Å². The van der Waals surface area contributed by atoms with E-state index in [0.29, 0.717) is 0 Å². The fourth-order valence-electron chi connectivity index (χ4n) is 2.60. The number of hydrogen-bond donors (Lipinski definition) is 0. The van der Waals surface area contributed by atoms with Crippen molar-refractivity contribution in [2.45, 2.75) is 13.3 Å². The second-order valence-electron chi connectivity index (χ2n) is 5.30. The van der Waals surface area contributed by atoms with Crippen LogP contribution < -0.4 is 0 Å². The lowest BCUT2D eigenvalue weighted by atomic mass is 9.94. The summed E-state index contributed by atoms with van der Waals surface area (Å²) in [4.78, 5) is 0. The predicted octanol–water partition coefficient (Wildman–Crippen LogP) is 5.91. The van der Waals surface area contributed by atoms with E-state index in [1.165, 1.54) is 22.3 Å². The molecular formula is C20H17Cl. The van der Waals surface area contributed by atoms with Crippen molar-refractivity contribution in [1.82, 2.24) is 0 Å². The summed E-state index contributed by atoms with van der Waals surface area (Å²) in [5.41, 5.74) is 6.17. The normalized spacial score (nSPS) is 10.6. The van der Waals surface area contributed by atoms with Crippen LogP contribution >= 0.6 is 11.6 Å². The molecule has 0 bridgehead atoms. The molecule has 0 aliphatic rings. The van der Waals surface area contributed by atoms with Crippen molar-refractivity contribution < 1.29 is 0 Å². The van der Waals surface area contributed by atoms with Gasteiger partial charge in [-0.1, -0.05) is 77.8 Å². The van der Waals surface area contributed by atoms with Crippen molar-refractivity contribution in [3.8, 4) is 11.1 Å². The molecule has 0 radical (unpaired) electrons. The van der Waals surface area contributed by atoms with Crippen LogP contribution in [-0.4, -0.2) is 0 Å². The van der Waals surface area contributed by atoms with Gasteiger partial charge in [-0.25, -0.2) is 0 Å². The molecule has 0 aromatic heterocycles. The highest BCUT2D eigenvalue weighted by Gasteiger charge is 2.09. The van der Waals surface area contributed by atoms with E-state index in [9.17, 15) is 0 Å². The molecule has 0 nitrogen and oxygen atoms in total. The van der Waals surface area contributed by atoms with E-state index >= 15 is 0 Å². The van der Waals surface area contributed by atoms with Crippen molar-refractivity contribution >= 4 is 11.6 Å². The third-order valence-corrected chi connectivity index (χ3v) is 4.00. The van der Waals surface area contributed by atoms with Gasteiger partial charge in [-0.05, 0) is 42.2 Å². The van der Waals surface area contributed by atoms with E-state index in [1.807, 2.05) is 18.2 Å². The molecule has 3 aromatic carbocycles. The number of hydrogen-bond acceptors (Lipinski definition) is 0. The highest BCUT2D eigenvalue weighted by molar-refractivity contribution is 6.33. The fourth-order valence-corrected chi connectivity index (χ4v) is 2.82. The molecule has 0 spiro atoms. The quantitative estimate of drug-likeness (QED) is 0.563. The summed E-state index contributed by atoms with van der Waals surface area (Å²) < 4.78 is 0. The van der Waals surface area contributed by atoms with Crippen LogP contribution in [0.15, 0.2) is 72.8 Å². The Labute approximate surface area is 131 Å². The lowest BCUT2D eigenvalue weighted by Crippen LogP contribution is -1.93. The Kier molecular flexibility index (Phi) is 4.08. The van der Waals surface area contributed by atoms with Gasteiger partial charge in [0.05, 0.1) is 0 Å². The van der Waals surface area contributed by atoms with Crippen molar-refractivity contribution in [2.24, 2.45) is 0 Å². The van der Waals surface area contributed by atoms with Crippen LogP contribution in [0.1, 0.15) is 16.7 Å². The number of benzene rings is 3. The van der Waals surface area contributed by atoms with E-state index in [4.69, 9.17) is 11.6 Å². The van der Waals surface area contributed by atoms with Crippen LogP contribution in [0.3, 0.4) is 0 Å². The molecule has 3 rings (SSSR count). The standard InChI is InChI=1S/C20H17Cl/c1-15-11-12-20(21)19(13-15)18-10-6-5-9-17(18)14-16-7-3-2-4-8-16/h2-13H,14H2,1H3. The molecule has 1 heteroatoms. The maximum Gasteiger partial charge on any atom is 0.0484 e. The van der Waals surface area contributed by atoms with Gasteiger partial charge < -0.3 is 0 Å². The van der Waals surface area contributed by atoms with E-state index in [0.717, 1.165) is 17.0 Å². The molecule has 21 heavy (non-hydrogen) atoms. The Morgan fingerprint density at radius 2 is 1.48 bits per heavy atom. The van der Waals surface area contributed by atoms with E-state index < -0.39 is 0 Å². The van der Waals surface area contributed by atoms with Gasteiger partial charge in [0, 0.05) is 10.6 Å². The van der Waals surface area contributed by atoms with E-state index in [1.54, 1.807) is 0 Å². The summed E-state index contributed by atoms with van der Waals surface area (Å²) in [7, 11) is 0. The van der Waals surface area contributed by atoms with Gasteiger partial charge in [-0.2, -0.15) is 0 Å². The van der Waals surface area contributed by atoms with Crippen LogP contribution in [-0.2, 0) is 6.42 Å². The maximum absolute atomic E-state index is 6.41. The molecule has 0 unspecified atom stereocenters. The third kappa shape index (κ3) is 3.17. The summed E-state index contributed by atoms with van der Waals surface area (Å²) in [6.07, 6.45) is 0.918. The second-order valence-corrected chi connectivity index (χ2v) is 5.71.